The minimum Gasteiger partial charge on any atom is -0.484 e. The number of aryl methyl sites for hydroxylation is 2. The lowest BCUT2D eigenvalue weighted by Gasteiger charge is -2.31. The molecule has 0 unspecified atom stereocenters. The topological polar surface area (TPSA) is 88.9 Å². The summed E-state index contributed by atoms with van der Waals surface area (Å²) in [5.41, 5.74) is 3.45. The fraction of sp³-hybridized carbons (Fsp3) is 0.296. The van der Waals surface area contributed by atoms with Gasteiger partial charge in [0.2, 0.25) is 0 Å². The Bertz CT molecular complexity index is 1180. The molecule has 7 heteroatoms. The highest BCUT2D eigenvalue weighted by atomic mass is 16.5. The molecule has 0 saturated carbocycles. The number of nitrogens with zero attached hydrogens (tertiary/aromatic N) is 1. The third-order valence-electron chi connectivity index (χ3n) is 6.07. The summed E-state index contributed by atoms with van der Waals surface area (Å²) in [5.74, 6) is 0.292. The Morgan fingerprint density at radius 2 is 1.82 bits per heavy atom. The summed E-state index contributed by atoms with van der Waals surface area (Å²) in [5, 5.41) is 2.73. The van der Waals surface area contributed by atoms with Gasteiger partial charge in [0.05, 0.1) is 6.26 Å². The zero-order valence-corrected chi connectivity index (χ0v) is 19.4. The highest BCUT2D eigenvalue weighted by Crippen LogP contribution is 2.24. The number of hydrogen-bond acceptors (Lipinski definition) is 5. The Kier molecular flexibility index (Phi) is 7.11. The molecule has 1 aliphatic rings. The molecule has 3 aromatic rings. The molecular weight excluding hydrogens is 432 g/mol. The molecule has 4 rings (SSSR count). The molecule has 2 aromatic carbocycles. The summed E-state index contributed by atoms with van der Waals surface area (Å²) < 4.78 is 10.8. The molecule has 0 atom stereocenters. The van der Waals surface area contributed by atoms with Crippen LogP contribution in [0.2, 0.25) is 0 Å². The van der Waals surface area contributed by atoms with Crippen LogP contribution in [0, 0.1) is 19.8 Å². The molecule has 0 aliphatic carbocycles. The molecule has 0 spiro atoms. The number of furan rings is 1. The Morgan fingerprint density at radius 3 is 2.53 bits per heavy atom. The largest absolute Gasteiger partial charge is 0.484 e. The van der Waals surface area contributed by atoms with Gasteiger partial charge in [-0.2, -0.15) is 0 Å². The van der Waals surface area contributed by atoms with Crippen molar-refractivity contribution in [2.24, 2.45) is 5.92 Å². The molecule has 0 bridgehead atoms. The number of piperidine rings is 1. The van der Waals surface area contributed by atoms with Crippen LogP contribution in [0.1, 0.15) is 44.9 Å². The van der Waals surface area contributed by atoms with E-state index in [4.69, 9.17) is 9.15 Å². The molecule has 2 heterocycles. The van der Waals surface area contributed by atoms with Crippen molar-refractivity contribution in [2.45, 2.75) is 26.7 Å². The minimum absolute atomic E-state index is 0.0687. The summed E-state index contributed by atoms with van der Waals surface area (Å²) in [4.78, 5) is 39.5. The molecule has 1 fully saturated rings. The van der Waals surface area contributed by atoms with Gasteiger partial charge in [-0.1, -0.05) is 29.8 Å². The predicted octanol–water partition coefficient (Wildman–Crippen LogP) is 4.65. The number of rotatable bonds is 7. The number of likely N-dealkylation sites (tertiary alicyclic amines) is 1. The van der Waals surface area contributed by atoms with E-state index in [0.717, 1.165) is 16.7 Å². The molecule has 7 nitrogen and oxygen atoms in total. The van der Waals surface area contributed by atoms with Crippen LogP contribution in [0.5, 0.6) is 5.75 Å². The Hall–Kier alpha value is -3.87. The molecule has 1 aromatic heterocycles. The van der Waals surface area contributed by atoms with Gasteiger partial charge in [0.1, 0.15) is 5.75 Å². The Morgan fingerprint density at radius 1 is 1.03 bits per heavy atom. The summed E-state index contributed by atoms with van der Waals surface area (Å²) in [7, 11) is 0. The third-order valence-corrected chi connectivity index (χ3v) is 6.07. The van der Waals surface area contributed by atoms with Gasteiger partial charge in [0.25, 0.3) is 11.8 Å². The van der Waals surface area contributed by atoms with E-state index >= 15 is 0 Å². The maximum absolute atomic E-state index is 12.9. The number of ether oxygens (including phenoxy) is 1. The number of Topliss-reactive ketones (excluding diaryl/α,β-unsaturated/α-hetero) is 1. The normalized spacial score (nSPS) is 14.0. The van der Waals surface area contributed by atoms with Crippen molar-refractivity contribution in [2.75, 3.05) is 25.0 Å². The summed E-state index contributed by atoms with van der Waals surface area (Å²) in [6.07, 6.45) is 2.72. The smallest absolute Gasteiger partial charge is 0.291 e. The average molecular weight is 461 g/mol. The monoisotopic (exact) mass is 460 g/mol. The number of benzene rings is 2. The Labute approximate surface area is 198 Å². The second-order valence-corrected chi connectivity index (χ2v) is 8.59. The van der Waals surface area contributed by atoms with Gasteiger partial charge in [-0.15, -0.1) is 0 Å². The lowest BCUT2D eigenvalue weighted by Crippen LogP contribution is -2.42. The second-order valence-electron chi connectivity index (χ2n) is 8.59. The summed E-state index contributed by atoms with van der Waals surface area (Å²) >= 11 is 0. The first-order chi connectivity index (χ1) is 16.4. The van der Waals surface area contributed by atoms with E-state index in [1.54, 1.807) is 41.3 Å². The van der Waals surface area contributed by atoms with Crippen LogP contribution < -0.4 is 10.1 Å². The van der Waals surface area contributed by atoms with E-state index in [2.05, 4.69) is 5.32 Å². The number of amides is 2. The van der Waals surface area contributed by atoms with Crippen LogP contribution in [0.15, 0.2) is 65.3 Å². The molecule has 34 heavy (non-hydrogen) atoms. The standard InChI is InChI=1S/C27H28N2O5/c1-18-8-9-23(19(2)15-18)26(31)20-10-12-29(13-11-20)25(30)17-34-22-6-3-5-21(16-22)28-27(32)24-7-4-14-33-24/h3-9,14-16,20H,10-13,17H2,1-2H3,(H,28,32). The van der Waals surface area contributed by atoms with Gasteiger partial charge in [0.15, 0.2) is 18.2 Å². The minimum atomic E-state index is -0.364. The van der Waals surface area contributed by atoms with Crippen molar-refractivity contribution in [1.29, 1.82) is 0 Å². The van der Waals surface area contributed by atoms with Crippen molar-refractivity contribution in [3.05, 3.63) is 83.3 Å². The summed E-state index contributed by atoms with van der Waals surface area (Å²) in [6.45, 7) is 4.94. The van der Waals surface area contributed by atoms with Crippen molar-refractivity contribution in [1.82, 2.24) is 4.90 Å². The lowest BCUT2D eigenvalue weighted by atomic mass is 9.87. The van der Waals surface area contributed by atoms with Crippen LogP contribution in [0.3, 0.4) is 0 Å². The fourth-order valence-corrected chi connectivity index (χ4v) is 4.20. The third kappa shape index (κ3) is 5.54. The highest BCUT2D eigenvalue weighted by Gasteiger charge is 2.28. The Balaban J connectivity index is 1.27. The molecule has 1 N–H and O–H groups in total. The number of carbonyl (C=O) groups is 3. The van der Waals surface area contributed by atoms with Crippen molar-refractivity contribution in [3.63, 3.8) is 0 Å². The van der Waals surface area contributed by atoms with Gasteiger partial charge in [-0.25, -0.2) is 0 Å². The van der Waals surface area contributed by atoms with Gasteiger partial charge in [0, 0.05) is 36.3 Å². The fourth-order valence-electron chi connectivity index (χ4n) is 4.20. The molecule has 1 aliphatic heterocycles. The van der Waals surface area contributed by atoms with Crippen molar-refractivity contribution < 1.29 is 23.5 Å². The molecule has 1 saturated heterocycles. The molecule has 176 valence electrons. The highest BCUT2D eigenvalue weighted by molar-refractivity contribution is 6.02. The molecular formula is C27H28N2O5. The SMILES string of the molecule is Cc1ccc(C(=O)C2CCN(C(=O)COc3cccc(NC(=O)c4ccco4)c3)CC2)c(C)c1. The maximum Gasteiger partial charge on any atom is 0.291 e. The van der Waals surface area contributed by atoms with Gasteiger partial charge >= 0.3 is 0 Å². The molecule has 2 amide bonds. The van der Waals surface area contributed by atoms with Gasteiger partial charge < -0.3 is 19.4 Å². The number of anilines is 1. The van der Waals surface area contributed by atoms with Crippen molar-refractivity contribution in [3.8, 4) is 5.75 Å². The van der Waals surface area contributed by atoms with E-state index in [1.165, 1.54) is 6.26 Å². The lowest BCUT2D eigenvalue weighted by molar-refractivity contribution is -0.134. The van der Waals surface area contributed by atoms with E-state index in [1.807, 2.05) is 32.0 Å². The van der Waals surface area contributed by atoms with Gasteiger partial charge in [-0.05, 0) is 56.5 Å². The van der Waals surface area contributed by atoms with Crippen LogP contribution in [-0.2, 0) is 4.79 Å². The van der Waals surface area contributed by atoms with Crippen LogP contribution in [-0.4, -0.2) is 42.2 Å². The van der Waals surface area contributed by atoms with Gasteiger partial charge in [-0.3, -0.25) is 14.4 Å². The first kappa shape index (κ1) is 23.3. The van der Waals surface area contributed by atoms with E-state index in [-0.39, 0.29) is 35.9 Å². The van der Waals surface area contributed by atoms with Crippen LogP contribution in [0.4, 0.5) is 5.69 Å². The first-order valence-corrected chi connectivity index (χ1v) is 11.4. The van der Waals surface area contributed by atoms with Crippen molar-refractivity contribution >= 4 is 23.3 Å². The molecule has 0 radical (unpaired) electrons. The predicted molar refractivity (Wildman–Crippen MR) is 128 cm³/mol. The number of hydrogen-bond donors (Lipinski definition) is 1. The zero-order chi connectivity index (χ0) is 24.1. The summed E-state index contributed by atoms with van der Waals surface area (Å²) in [6, 6.07) is 16.0. The van der Waals surface area contributed by atoms with Crippen LogP contribution >= 0.6 is 0 Å². The zero-order valence-electron chi connectivity index (χ0n) is 19.4. The number of ketones is 1. The first-order valence-electron chi connectivity index (χ1n) is 11.4. The van der Waals surface area contributed by atoms with E-state index < -0.39 is 0 Å². The average Bonchev–Trinajstić information content (AvgIpc) is 3.38. The van der Waals surface area contributed by atoms with E-state index in [9.17, 15) is 14.4 Å². The van der Waals surface area contributed by atoms with E-state index in [0.29, 0.717) is 37.4 Å². The number of nitrogens with one attached hydrogen (secondary N) is 1. The second kappa shape index (κ2) is 10.4. The maximum atomic E-state index is 12.9. The van der Waals surface area contributed by atoms with Crippen LogP contribution in [0.25, 0.3) is 0 Å². The quantitative estimate of drug-likeness (QED) is 0.519. The number of carbonyl (C=O) groups excluding carboxylic acids is 3.